The van der Waals surface area contributed by atoms with Crippen molar-refractivity contribution in [1.82, 2.24) is 20.2 Å². The molecular formula is C9H16N4O2S. The van der Waals surface area contributed by atoms with Crippen molar-refractivity contribution in [2.75, 3.05) is 7.11 Å². The molecule has 0 saturated heterocycles. The highest BCUT2D eigenvalue weighted by Crippen LogP contribution is 2.24. The maximum atomic E-state index is 11.1. The highest BCUT2D eigenvalue weighted by atomic mass is 32.2. The normalized spacial score (nSPS) is 10.8. The number of ether oxygens (including phenoxy) is 1. The van der Waals surface area contributed by atoms with E-state index in [0.29, 0.717) is 10.4 Å². The molecule has 0 aromatic carbocycles. The zero-order chi connectivity index (χ0) is 12.0. The zero-order valence-electron chi connectivity index (χ0n) is 9.71. The van der Waals surface area contributed by atoms with Crippen molar-refractivity contribution in [1.29, 1.82) is 0 Å². The Morgan fingerprint density at radius 2 is 2.19 bits per heavy atom. The number of carbonyl (C=O) groups is 1. The van der Waals surface area contributed by atoms with Gasteiger partial charge in [-0.05, 0) is 23.3 Å². The lowest BCUT2D eigenvalue weighted by Crippen LogP contribution is -2.14. The fraction of sp³-hybridized carbons (Fsp3) is 0.778. The monoisotopic (exact) mass is 244 g/mol. The molecule has 7 heteroatoms. The predicted molar refractivity (Wildman–Crippen MR) is 60.1 cm³/mol. The van der Waals surface area contributed by atoms with Gasteiger partial charge < -0.3 is 4.74 Å². The van der Waals surface area contributed by atoms with Gasteiger partial charge in [0.05, 0.1) is 7.11 Å². The molecule has 16 heavy (non-hydrogen) atoms. The summed E-state index contributed by atoms with van der Waals surface area (Å²) in [7, 11) is 1.35. The molecule has 0 bridgehead atoms. The molecule has 0 aliphatic heterocycles. The quantitative estimate of drug-likeness (QED) is 0.552. The molecule has 0 aliphatic rings. The first-order chi connectivity index (χ1) is 7.71. The van der Waals surface area contributed by atoms with Crippen LogP contribution in [0.5, 0.6) is 0 Å². The molecule has 0 spiro atoms. The number of thioether (sulfide) groups is 1. The van der Waals surface area contributed by atoms with Gasteiger partial charge in [-0.25, -0.2) is 4.68 Å². The fourth-order valence-electron chi connectivity index (χ4n) is 1.17. The molecule has 0 saturated carbocycles. The number of rotatable bonds is 6. The van der Waals surface area contributed by atoms with E-state index < -0.39 is 0 Å². The summed E-state index contributed by atoms with van der Waals surface area (Å²) in [6.07, 6.45) is 2.10. The minimum Gasteiger partial charge on any atom is -0.468 e. The average Bonchev–Trinajstić information content (AvgIpc) is 2.73. The number of methoxy groups -OCH3 is 1. The topological polar surface area (TPSA) is 69.9 Å². The summed E-state index contributed by atoms with van der Waals surface area (Å²) < 4.78 is 6.04. The zero-order valence-corrected chi connectivity index (χ0v) is 10.5. The minimum atomic E-state index is -0.348. The van der Waals surface area contributed by atoms with Crippen LogP contribution >= 0.6 is 11.8 Å². The second kappa shape index (κ2) is 6.47. The SMILES string of the molecule is CCC(CC)Sc1nnnn1CC(=O)OC. The van der Waals surface area contributed by atoms with Crippen LogP contribution in [0.25, 0.3) is 0 Å². The lowest BCUT2D eigenvalue weighted by atomic mass is 10.3. The molecule has 0 fully saturated rings. The van der Waals surface area contributed by atoms with Crippen LogP contribution in [0.15, 0.2) is 5.16 Å². The Morgan fingerprint density at radius 3 is 2.75 bits per heavy atom. The number of aromatic nitrogens is 4. The number of hydrogen-bond donors (Lipinski definition) is 0. The molecule has 0 amide bonds. The highest BCUT2D eigenvalue weighted by Gasteiger charge is 2.14. The van der Waals surface area contributed by atoms with E-state index in [2.05, 4.69) is 34.1 Å². The maximum absolute atomic E-state index is 11.1. The lowest BCUT2D eigenvalue weighted by molar-refractivity contribution is -0.141. The molecule has 90 valence electrons. The van der Waals surface area contributed by atoms with E-state index in [4.69, 9.17) is 0 Å². The van der Waals surface area contributed by atoms with Crippen LogP contribution < -0.4 is 0 Å². The summed E-state index contributed by atoms with van der Waals surface area (Å²) in [6.45, 7) is 4.30. The molecule has 6 nitrogen and oxygen atoms in total. The van der Waals surface area contributed by atoms with Gasteiger partial charge in [-0.15, -0.1) is 5.10 Å². The Kier molecular flexibility index (Phi) is 5.24. The van der Waals surface area contributed by atoms with Crippen molar-refractivity contribution in [3.05, 3.63) is 0 Å². The van der Waals surface area contributed by atoms with E-state index in [9.17, 15) is 4.79 Å². The molecule has 1 heterocycles. The Bertz CT molecular complexity index is 338. The Morgan fingerprint density at radius 1 is 1.50 bits per heavy atom. The van der Waals surface area contributed by atoms with Gasteiger partial charge >= 0.3 is 5.97 Å². The molecular weight excluding hydrogens is 228 g/mol. The van der Waals surface area contributed by atoms with E-state index in [0.717, 1.165) is 12.8 Å². The standard InChI is InChI=1S/C9H16N4O2S/c1-4-7(5-2)16-9-10-11-12-13(9)6-8(14)15-3/h7H,4-6H2,1-3H3. The van der Waals surface area contributed by atoms with E-state index in [1.165, 1.54) is 11.8 Å². The van der Waals surface area contributed by atoms with Gasteiger partial charge in [-0.1, -0.05) is 25.6 Å². The first kappa shape index (κ1) is 13.0. The van der Waals surface area contributed by atoms with Gasteiger partial charge in [0.2, 0.25) is 5.16 Å². The number of tetrazole rings is 1. The molecule has 1 aromatic heterocycles. The summed E-state index contributed by atoms with van der Waals surface area (Å²) >= 11 is 1.59. The minimum absolute atomic E-state index is 0.0615. The van der Waals surface area contributed by atoms with Crippen LogP contribution in [0.1, 0.15) is 26.7 Å². The number of carbonyl (C=O) groups excluding carboxylic acids is 1. The second-order valence-electron chi connectivity index (χ2n) is 3.25. The van der Waals surface area contributed by atoms with Gasteiger partial charge in [-0.3, -0.25) is 4.79 Å². The van der Waals surface area contributed by atoms with Crippen molar-refractivity contribution < 1.29 is 9.53 Å². The van der Waals surface area contributed by atoms with Gasteiger partial charge in [0, 0.05) is 5.25 Å². The summed E-state index contributed by atoms with van der Waals surface area (Å²) in [5, 5.41) is 12.4. The average molecular weight is 244 g/mol. The summed E-state index contributed by atoms with van der Waals surface area (Å²) in [5.41, 5.74) is 0. The second-order valence-corrected chi connectivity index (χ2v) is 4.52. The van der Waals surface area contributed by atoms with Crippen LogP contribution in [-0.2, 0) is 16.1 Å². The van der Waals surface area contributed by atoms with Crippen molar-refractivity contribution in [3.63, 3.8) is 0 Å². The molecule has 0 N–H and O–H groups in total. The molecule has 0 radical (unpaired) electrons. The number of hydrogen-bond acceptors (Lipinski definition) is 6. The Hall–Kier alpha value is -1.11. The van der Waals surface area contributed by atoms with Gasteiger partial charge in [0.25, 0.3) is 0 Å². The van der Waals surface area contributed by atoms with Crippen molar-refractivity contribution >= 4 is 17.7 Å². The van der Waals surface area contributed by atoms with Crippen LogP contribution in [-0.4, -0.2) is 38.5 Å². The lowest BCUT2D eigenvalue weighted by Gasteiger charge is -2.10. The Balaban J connectivity index is 2.66. The molecule has 0 atom stereocenters. The van der Waals surface area contributed by atoms with Crippen molar-refractivity contribution in [3.8, 4) is 0 Å². The van der Waals surface area contributed by atoms with Gasteiger partial charge in [0.15, 0.2) is 0 Å². The van der Waals surface area contributed by atoms with E-state index in [1.54, 1.807) is 11.8 Å². The number of nitrogens with zero attached hydrogens (tertiary/aromatic N) is 4. The van der Waals surface area contributed by atoms with Gasteiger partial charge in [0.1, 0.15) is 6.54 Å². The molecule has 0 aliphatic carbocycles. The van der Waals surface area contributed by atoms with E-state index >= 15 is 0 Å². The molecule has 0 unspecified atom stereocenters. The van der Waals surface area contributed by atoms with Crippen molar-refractivity contribution in [2.45, 2.75) is 43.6 Å². The summed E-state index contributed by atoms with van der Waals surface area (Å²) in [4.78, 5) is 11.1. The Labute approximate surface area is 98.7 Å². The predicted octanol–water partition coefficient (Wildman–Crippen LogP) is 1.13. The fourth-order valence-corrected chi connectivity index (χ4v) is 2.11. The first-order valence-corrected chi connectivity index (χ1v) is 6.08. The van der Waals surface area contributed by atoms with Crippen LogP contribution in [0, 0.1) is 0 Å². The van der Waals surface area contributed by atoms with Crippen LogP contribution in [0.3, 0.4) is 0 Å². The van der Waals surface area contributed by atoms with Crippen LogP contribution in [0.4, 0.5) is 0 Å². The third-order valence-corrected chi connectivity index (χ3v) is 3.69. The van der Waals surface area contributed by atoms with E-state index in [1.807, 2.05) is 0 Å². The van der Waals surface area contributed by atoms with Crippen molar-refractivity contribution in [2.24, 2.45) is 0 Å². The van der Waals surface area contributed by atoms with Crippen LogP contribution in [0.2, 0.25) is 0 Å². The molecule has 1 aromatic rings. The van der Waals surface area contributed by atoms with E-state index in [-0.39, 0.29) is 12.5 Å². The largest absolute Gasteiger partial charge is 0.468 e. The third kappa shape index (κ3) is 3.48. The third-order valence-electron chi connectivity index (χ3n) is 2.19. The summed E-state index contributed by atoms with van der Waals surface area (Å²) in [6, 6.07) is 0. The summed E-state index contributed by atoms with van der Waals surface area (Å²) in [5.74, 6) is -0.348. The first-order valence-electron chi connectivity index (χ1n) is 5.20. The maximum Gasteiger partial charge on any atom is 0.327 e. The number of esters is 1. The molecule has 1 rings (SSSR count). The highest BCUT2D eigenvalue weighted by molar-refractivity contribution is 7.99. The van der Waals surface area contributed by atoms with Gasteiger partial charge in [-0.2, -0.15) is 0 Å². The smallest absolute Gasteiger partial charge is 0.327 e.